The molecule has 0 fully saturated rings. The SMILES string of the molecule is CN(C)CCc1ccc(C(=O)c2ccc(CCN(C)C)cc2)cc1. The Kier molecular flexibility index (Phi) is 6.71. The van der Waals surface area contributed by atoms with Gasteiger partial charge in [-0.25, -0.2) is 0 Å². The molecule has 0 aromatic heterocycles. The lowest BCUT2D eigenvalue weighted by molar-refractivity contribution is 0.103. The minimum atomic E-state index is 0.0910. The fourth-order valence-electron chi connectivity index (χ4n) is 2.52. The first-order chi connectivity index (χ1) is 11.5. The summed E-state index contributed by atoms with van der Waals surface area (Å²) < 4.78 is 0. The molecule has 2 rings (SSSR count). The third-order valence-electron chi connectivity index (χ3n) is 4.13. The maximum absolute atomic E-state index is 12.6. The number of carbonyl (C=O) groups excluding carboxylic acids is 1. The molecule has 0 unspecified atom stereocenters. The molecule has 3 nitrogen and oxygen atoms in total. The third kappa shape index (κ3) is 5.59. The van der Waals surface area contributed by atoms with Crippen molar-refractivity contribution < 1.29 is 4.79 Å². The largest absolute Gasteiger partial charge is 0.309 e. The summed E-state index contributed by atoms with van der Waals surface area (Å²) in [5.41, 5.74) is 4.04. The summed E-state index contributed by atoms with van der Waals surface area (Å²) in [6.45, 7) is 2.03. The molecular weight excluding hydrogens is 296 g/mol. The molecule has 0 atom stereocenters. The van der Waals surface area contributed by atoms with Gasteiger partial charge in [-0.3, -0.25) is 4.79 Å². The number of hydrogen-bond acceptors (Lipinski definition) is 3. The van der Waals surface area contributed by atoms with Gasteiger partial charge in [-0.15, -0.1) is 0 Å². The van der Waals surface area contributed by atoms with Gasteiger partial charge in [-0.05, 0) is 52.2 Å². The Hall–Kier alpha value is -1.97. The van der Waals surface area contributed by atoms with Crippen molar-refractivity contribution in [3.8, 4) is 0 Å². The van der Waals surface area contributed by atoms with Gasteiger partial charge in [0.1, 0.15) is 0 Å². The molecule has 0 bridgehead atoms. The van der Waals surface area contributed by atoms with Gasteiger partial charge < -0.3 is 9.80 Å². The van der Waals surface area contributed by atoms with Gasteiger partial charge in [0.2, 0.25) is 0 Å². The Morgan fingerprint density at radius 2 is 1.00 bits per heavy atom. The molecule has 0 radical (unpaired) electrons. The first kappa shape index (κ1) is 18.4. The zero-order chi connectivity index (χ0) is 17.5. The highest BCUT2D eigenvalue weighted by atomic mass is 16.1. The highest BCUT2D eigenvalue weighted by Gasteiger charge is 2.09. The molecule has 0 aliphatic heterocycles. The molecule has 0 N–H and O–H groups in total. The van der Waals surface area contributed by atoms with Crippen LogP contribution in [0.4, 0.5) is 0 Å². The molecule has 128 valence electrons. The van der Waals surface area contributed by atoms with Crippen LogP contribution in [-0.2, 0) is 12.8 Å². The standard InChI is InChI=1S/C21H28N2O/c1-22(2)15-13-17-5-9-19(10-6-17)21(24)20-11-7-18(8-12-20)14-16-23(3)4/h5-12H,13-16H2,1-4H3. The number of rotatable bonds is 8. The molecule has 0 amide bonds. The monoisotopic (exact) mass is 324 g/mol. The minimum Gasteiger partial charge on any atom is -0.309 e. The highest BCUT2D eigenvalue weighted by molar-refractivity contribution is 6.08. The van der Waals surface area contributed by atoms with Crippen molar-refractivity contribution in [1.29, 1.82) is 0 Å². The van der Waals surface area contributed by atoms with Gasteiger partial charge in [0, 0.05) is 24.2 Å². The van der Waals surface area contributed by atoms with Gasteiger partial charge in [0.15, 0.2) is 5.78 Å². The Labute approximate surface area is 145 Å². The maximum Gasteiger partial charge on any atom is 0.193 e. The summed E-state index contributed by atoms with van der Waals surface area (Å²) in [6, 6.07) is 16.0. The molecule has 0 saturated heterocycles. The Morgan fingerprint density at radius 3 is 1.29 bits per heavy atom. The van der Waals surface area contributed by atoms with Crippen LogP contribution in [0.15, 0.2) is 48.5 Å². The van der Waals surface area contributed by atoms with Crippen LogP contribution < -0.4 is 0 Å². The molecule has 0 heterocycles. The second kappa shape index (κ2) is 8.76. The second-order valence-electron chi connectivity index (χ2n) is 6.83. The molecular formula is C21H28N2O. The van der Waals surface area contributed by atoms with E-state index in [0.29, 0.717) is 0 Å². The van der Waals surface area contributed by atoms with E-state index in [-0.39, 0.29) is 5.78 Å². The van der Waals surface area contributed by atoms with Gasteiger partial charge in [0.05, 0.1) is 0 Å². The Morgan fingerprint density at radius 1 is 0.667 bits per heavy atom. The van der Waals surface area contributed by atoms with Gasteiger partial charge >= 0.3 is 0 Å². The van der Waals surface area contributed by atoms with E-state index in [4.69, 9.17) is 0 Å². The first-order valence-corrected chi connectivity index (χ1v) is 8.48. The van der Waals surface area contributed by atoms with E-state index in [1.54, 1.807) is 0 Å². The van der Waals surface area contributed by atoms with Crippen molar-refractivity contribution in [2.24, 2.45) is 0 Å². The summed E-state index contributed by atoms with van der Waals surface area (Å²) in [5, 5.41) is 0. The number of nitrogens with zero attached hydrogens (tertiary/aromatic N) is 2. The molecule has 2 aromatic carbocycles. The predicted molar refractivity (Wildman–Crippen MR) is 101 cm³/mol. The number of hydrogen-bond donors (Lipinski definition) is 0. The molecule has 0 aliphatic rings. The molecule has 0 spiro atoms. The maximum atomic E-state index is 12.6. The van der Waals surface area contributed by atoms with E-state index >= 15 is 0 Å². The zero-order valence-electron chi connectivity index (χ0n) is 15.2. The van der Waals surface area contributed by atoms with Crippen LogP contribution in [0.25, 0.3) is 0 Å². The third-order valence-corrected chi connectivity index (χ3v) is 4.13. The number of carbonyl (C=O) groups is 1. The highest BCUT2D eigenvalue weighted by Crippen LogP contribution is 2.13. The minimum absolute atomic E-state index is 0.0910. The van der Waals surface area contributed by atoms with Crippen LogP contribution in [0.1, 0.15) is 27.0 Å². The fourth-order valence-corrected chi connectivity index (χ4v) is 2.52. The smallest absolute Gasteiger partial charge is 0.193 e. The quantitative estimate of drug-likeness (QED) is 0.697. The van der Waals surface area contributed by atoms with Crippen LogP contribution in [0.3, 0.4) is 0 Å². The van der Waals surface area contributed by atoms with Crippen molar-refractivity contribution >= 4 is 5.78 Å². The molecule has 24 heavy (non-hydrogen) atoms. The molecule has 2 aromatic rings. The van der Waals surface area contributed by atoms with E-state index < -0.39 is 0 Å². The molecule has 0 aliphatic carbocycles. The lowest BCUT2D eigenvalue weighted by atomic mass is 9.99. The van der Waals surface area contributed by atoms with Gasteiger partial charge in [-0.2, -0.15) is 0 Å². The Balaban J connectivity index is 2.00. The van der Waals surface area contributed by atoms with Crippen LogP contribution in [0, 0.1) is 0 Å². The normalized spacial score (nSPS) is 11.2. The second-order valence-corrected chi connectivity index (χ2v) is 6.83. The summed E-state index contributed by atoms with van der Waals surface area (Å²) in [4.78, 5) is 16.9. The van der Waals surface area contributed by atoms with Crippen molar-refractivity contribution in [2.45, 2.75) is 12.8 Å². The average Bonchev–Trinajstić information content (AvgIpc) is 2.58. The lowest BCUT2D eigenvalue weighted by Crippen LogP contribution is -2.15. The van der Waals surface area contributed by atoms with E-state index in [0.717, 1.165) is 37.1 Å². The van der Waals surface area contributed by atoms with E-state index in [9.17, 15) is 4.79 Å². The van der Waals surface area contributed by atoms with Crippen molar-refractivity contribution in [3.63, 3.8) is 0 Å². The summed E-state index contributed by atoms with van der Waals surface area (Å²) in [7, 11) is 8.28. The summed E-state index contributed by atoms with van der Waals surface area (Å²) in [5.74, 6) is 0.0910. The lowest BCUT2D eigenvalue weighted by Gasteiger charge is -2.10. The van der Waals surface area contributed by atoms with Crippen LogP contribution in [0.2, 0.25) is 0 Å². The molecule has 0 saturated carbocycles. The van der Waals surface area contributed by atoms with Crippen LogP contribution in [0.5, 0.6) is 0 Å². The van der Waals surface area contributed by atoms with Crippen molar-refractivity contribution in [3.05, 3.63) is 70.8 Å². The summed E-state index contributed by atoms with van der Waals surface area (Å²) >= 11 is 0. The van der Waals surface area contributed by atoms with E-state index in [1.807, 2.05) is 24.3 Å². The fraction of sp³-hybridized carbons (Fsp3) is 0.381. The number of benzene rings is 2. The molecule has 3 heteroatoms. The number of ketones is 1. The van der Waals surface area contributed by atoms with Crippen molar-refractivity contribution in [1.82, 2.24) is 9.80 Å². The van der Waals surface area contributed by atoms with E-state index in [1.165, 1.54) is 11.1 Å². The number of likely N-dealkylation sites (N-methyl/N-ethyl adjacent to an activating group) is 2. The van der Waals surface area contributed by atoms with Crippen molar-refractivity contribution in [2.75, 3.05) is 41.3 Å². The van der Waals surface area contributed by atoms with Gasteiger partial charge in [-0.1, -0.05) is 48.5 Å². The zero-order valence-corrected chi connectivity index (χ0v) is 15.2. The topological polar surface area (TPSA) is 23.6 Å². The van der Waals surface area contributed by atoms with Gasteiger partial charge in [0.25, 0.3) is 0 Å². The van der Waals surface area contributed by atoms with Crippen LogP contribution in [-0.4, -0.2) is 56.9 Å². The summed E-state index contributed by atoms with van der Waals surface area (Å²) in [6.07, 6.45) is 2.00. The van der Waals surface area contributed by atoms with E-state index in [2.05, 4.69) is 62.3 Å². The predicted octanol–water partition coefficient (Wildman–Crippen LogP) is 3.13. The van der Waals surface area contributed by atoms with Crippen LogP contribution >= 0.6 is 0 Å². The Bertz CT molecular complexity index is 585. The average molecular weight is 324 g/mol. The first-order valence-electron chi connectivity index (χ1n) is 8.48.